The molecular formula is C18H19F3N2O2. The van der Waals surface area contributed by atoms with Crippen molar-refractivity contribution in [3.63, 3.8) is 0 Å². The lowest BCUT2D eigenvalue weighted by molar-refractivity contribution is -0.133. The van der Waals surface area contributed by atoms with Crippen molar-refractivity contribution in [1.82, 2.24) is 9.47 Å². The number of rotatable bonds is 3. The minimum atomic E-state index is -4.94. The number of piperidine rings is 1. The molecule has 25 heavy (non-hydrogen) atoms. The van der Waals surface area contributed by atoms with Crippen LogP contribution in [0.3, 0.4) is 0 Å². The van der Waals surface area contributed by atoms with Crippen LogP contribution in [-0.4, -0.2) is 40.4 Å². The maximum Gasteiger partial charge on any atom is 0.454 e. The van der Waals surface area contributed by atoms with Gasteiger partial charge < -0.3 is 9.47 Å². The van der Waals surface area contributed by atoms with Crippen LogP contribution in [-0.2, 0) is 11.3 Å². The van der Waals surface area contributed by atoms with Gasteiger partial charge in [-0.1, -0.05) is 25.1 Å². The lowest BCUT2D eigenvalue weighted by Gasteiger charge is -2.30. The lowest BCUT2D eigenvalue weighted by atomic mass is 9.99. The Morgan fingerprint density at radius 2 is 1.80 bits per heavy atom. The number of benzene rings is 1. The van der Waals surface area contributed by atoms with E-state index >= 15 is 0 Å². The van der Waals surface area contributed by atoms with Crippen molar-refractivity contribution < 1.29 is 22.8 Å². The molecule has 1 amide bonds. The molecule has 4 nitrogen and oxygen atoms in total. The molecule has 0 atom stereocenters. The van der Waals surface area contributed by atoms with E-state index in [1.807, 2.05) is 0 Å². The zero-order valence-electron chi connectivity index (χ0n) is 13.8. The molecule has 0 N–H and O–H groups in total. The first kappa shape index (κ1) is 17.5. The molecule has 1 aliphatic heterocycles. The van der Waals surface area contributed by atoms with Gasteiger partial charge in [-0.25, -0.2) is 0 Å². The molecule has 0 unspecified atom stereocenters. The third kappa shape index (κ3) is 3.55. The van der Waals surface area contributed by atoms with Crippen LogP contribution < -0.4 is 0 Å². The number of nitrogens with zero attached hydrogens (tertiary/aromatic N) is 2. The zero-order chi connectivity index (χ0) is 18.2. The summed E-state index contributed by atoms with van der Waals surface area (Å²) in [6.45, 7) is 3.39. The van der Waals surface area contributed by atoms with E-state index in [0.29, 0.717) is 24.5 Å². The molecule has 0 spiro atoms. The number of ketones is 1. The topological polar surface area (TPSA) is 42.3 Å². The molecule has 3 rings (SSSR count). The fourth-order valence-corrected chi connectivity index (χ4v) is 3.21. The number of fused-ring (bicyclic) bond motifs is 1. The second-order valence-electron chi connectivity index (χ2n) is 6.58. The van der Waals surface area contributed by atoms with E-state index in [4.69, 9.17) is 0 Å². The molecule has 0 radical (unpaired) electrons. The lowest BCUT2D eigenvalue weighted by Crippen LogP contribution is -2.39. The average Bonchev–Trinajstić information content (AvgIpc) is 2.92. The summed E-state index contributed by atoms with van der Waals surface area (Å²) in [5.74, 6) is -1.45. The van der Waals surface area contributed by atoms with Crippen molar-refractivity contribution in [2.45, 2.75) is 32.5 Å². The first-order valence-corrected chi connectivity index (χ1v) is 8.24. The molecule has 0 bridgehead atoms. The second kappa shape index (κ2) is 6.54. The summed E-state index contributed by atoms with van der Waals surface area (Å²) in [5, 5.41) is 0.213. The summed E-state index contributed by atoms with van der Waals surface area (Å²) in [4.78, 5) is 25.9. The normalized spacial score (nSPS) is 16.4. The number of para-hydroxylation sites is 1. The van der Waals surface area contributed by atoms with Crippen LogP contribution in [0.25, 0.3) is 10.9 Å². The number of carbonyl (C=O) groups is 2. The quantitative estimate of drug-likeness (QED) is 0.792. The van der Waals surface area contributed by atoms with Gasteiger partial charge in [0.05, 0.1) is 5.56 Å². The van der Waals surface area contributed by atoms with Crippen LogP contribution in [0, 0.1) is 5.92 Å². The van der Waals surface area contributed by atoms with Crippen molar-refractivity contribution in [2.24, 2.45) is 5.92 Å². The predicted molar refractivity (Wildman–Crippen MR) is 87.3 cm³/mol. The third-order valence-electron chi connectivity index (χ3n) is 4.73. The summed E-state index contributed by atoms with van der Waals surface area (Å²) in [6, 6.07) is 6.34. The summed E-state index contributed by atoms with van der Waals surface area (Å²) >= 11 is 0. The van der Waals surface area contributed by atoms with Crippen molar-refractivity contribution in [2.75, 3.05) is 13.1 Å². The molecule has 2 aromatic rings. The van der Waals surface area contributed by atoms with E-state index in [1.54, 1.807) is 23.1 Å². The average molecular weight is 352 g/mol. The molecular weight excluding hydrogens is 333 g/mol. The Hall–Kier alpha value is -2.31. The molecule has 134 valence electrons. The summed E-state index contributed by atoms with van der Waals surface area (Å²) < 4.78 is 39.9. The molecule has 0 aliphatic carbocycles. The molecule has 1 aliphatic rings. The number of likely N-dealkylation sites (tertiary alicyclic amines) is 1. The Labute approximate surface area is 143 Å². The van der Waals surface area contributed by atoms with Crippen LogP contribution >= 0.6 is 0 Å². The highest BCUT2D eigenvalue weighted by molar-refractivity contribution is 6.10. The molecule has 2 heterocycles. The fourth-order valence-electron chi connectivity index (χ4n) is 3.21. The predicted octanol–water partition coefficient (Wildman–Crippen LogP) is 3.64. The Balaban J connectivity index is 1.89. The van der Waals surface area contributed by atoms with E-state index in [0.717, 1.165) is 19.0 Å². The maximum absolute atomic E-state index is 12.8. The van der Waals surface area contributed by atoms with Gasteiger partial charge in [0, 0.05) is 30.2 Å². The highest BCUT2D eigenvalue weighted by Gasteiger charge is 2.40. The fraction of sp³-hybridized carbons (Fsp3) is 0.444. The van der Waals surface area contributed by atoms with Gasteiger partial charge in [0.1, 0.15) is 6.54 Å². The van der Waals surface area contributed by atoms with E-state index in [1.165, 1.54) is 10.6 Å². The van der Waals surface area contributed by atoms with Gasteiger partial charge in [0.2, 0.25) is 5.91 Å². The van der Waals surface area contributed by atoms with Gasteiger partial charge >= 0.3 is 6.18 Å². The van der Waals surface area contributed by atoms with Crippen LogP contribution in [0.4, 0.5) is 13.2 Å². The van der Waals surface area contributed by atoms with Crippen molar-refractivity contribution >= 4 is 22.6 Å². The first-order valence-electron chi connectivity index (χ1n) is 8.24. The van der Waals surface area contributed by atoms with E-state index in [2.05, 4.69) is 6.92 Å². The van der Waals surface area contributed by atoms with Gasteiger partial charge in [-0.3, -0.25) is 9.59 Å². The Bertz CT molecular complexity index is 802. The van der Waals surface area contributed by atoms with Crippen LogP contribution in [0.5, 0.6) is 0 Å². The highest BCUT2D eigenvalue weighted by atomic mass is 19.4. The number of Topliss-reactive ketones (excluding diaryl/α,β-unsaturated/α-hetero) is 1. The Morgan fingerprint density at radius 1 is 1.16 bits per heavy atom. The number of hydrogen-bond donors (Lipinski definition) is 0. The molecule has 1 aromatic heterocycles. The summed E-state index contributed by atoms with van der Waals surface area (Å²) in [5.41, 5.74) is 0.0389. The largest absolute Gasteiger partial charge is 0.454 e. The molecule has 1 aromatic carbocycles. The number of amides is 1. The molecule has 0 saturated carbocycles. The SMILES string of the molecule is CC1CCN(C(=O)Cn2cc(C(=O)C(F)(F)F)c3ccccc32)CC1. The minimum Gasteiger partial charge on any atom is -0.341 e. The number of halogens is 3. The van der Waals surface area contributed by atoms with Gasteiger partial charge in [0.15, 0.2) is 0 Å². The van der Waals surface area contributed by atoms with Crippen molar-refractivity contribution in [3.8, 4) is 0 Å². The highest BCUT2D eigenvalue weighted by Crippen LogP contribution is 2.28. The maximum atomic E-state index is 12.8. The smallest absolute Gasteiger partial charge is 0.341 e. The zero-order valence-corrected chi connectivity index (χ0v) is 13.8. The first-order chi connectivity index (χ1) is 11.8. The molecule has 7 heteroatoms. The van der Waals surface area contributed by atoms with E-state index < -0.39 is 17.5 Å². The van der Waals surface area contributed by atoms with Gasteiger partial charge in [0.25, 0.3) is 5.78 Å². The monoisotopic (exact) mass is 352 g/mol. The number of aromatic nitrogens is 1. The van der Waals surface area contributed by atoms with Crippen molar-refractivity contribution in [1.29, 1.82) is 0 Å². The number of hydrogen-bond acceptors (Lipinski definition) is 2. The Kier molecular flexibility index (Phi) is 4.58. The standard InChI is InChI=1S/C18H19F3N2O2/c1-12-6-8-22(9-7-12)16(24)11-23-10-14(17(25)18(19,20)21)13-4-2-3-5-15(13)23/h2-5,10,12H,6-9,11H2,1H3. The van der Waals surface area contributed by atoms with Gasteiger partial charge in [-0.15, -0.1) is 0 Å². The summed E-state index contributed by atoms with van der Waals surface area (Å²) in [6.07, 6.45) is -1.95. The second-order valence-corrected chi connectivity index (χ2v) is 6.58. The number of alkyl halides is 3. The van der Waals surface area contributed by atoms with Gasteiger partial charge in [-0.2, -0.15) is 13.2 Å². The van der Waals surface area contributed by atoms with Gasteiger partial charge in [-0.05, 0) is 24.8 Å². The Morgan fingerprint density at radius 3 is 2.44 bits per heavy atom. The van der Waals surface area contributed by atoms with E-state index in [9.17, 15) is 22.8 Å². The van der Waals surface area contributed by atoms with Crippen LogP contribution in [0.1, 0.15) is 30.1 Å². The van der Waals surface area contributed by atoms with Crippen LogP contribution in [0.15, 0.2) is 30.5 Å². The minimum absolute atomic E-state index is 0.0694. The van der Waals surface area contributed by atoms with E-state index in [-0.39, 0.29) is 17.8 Å². The third-order valence-corrected chi connectivity index (χ3v) is 4.73. The number of carbonyl (C=O) groups excluding carboxylic acids is 2. The summed E-state index contributed by atoms with van der Waals surface area (Å²) in [7, 11) is 0. The van der Waals surface area contributed by atoms with Crippen molar-refractivity contribution in [3.05, 3.63) is 36.0 Å². The van der Waals surface area contributed by atoms with Crippen LogP contribution in [0.2, 0.25) is 0 Å². The molecule has 1 saturated heterocycles. The molecule has 1 fully saturated rings.